The molecule has 8 nitrogen and oxygen atoms in total. The first-order chi connectivity index (χ1) is 19.0. The number of benzene rings is 3. The van der Waals surface area contributed by atoms with Gasteiger partial charge in [0.15, 0.2) is 11.5 Å². The van der Waals surface area contributed by atoms with Crippen molar-refractivity contribution in [2.45, 2.75) is 38.1 Å². The maximum Gasteiger partial charge on any atom is 0.313 e. The Morgan fingerprint density at radius 1 is 1.00 bits per heavy atom. The first-order valence-corrected chi connectivity index (χ1v) is 13.3. The highest BCUT2D eigenvalue weighted by molar-refractivity contribution is 6.11. The van der Waals surface area contributed by atoms with Crippen molar-refractivity contribution in [3.8, 4) is 11.5 Å². The minimum Gasteiger partial charge on any atom is -0.486 e. The van der Waals surface area contributed by atoms with Crippen LogP contribution in [0.5, 0.6) is 11.5 Å². The lowest BCUT2D eigenvalue weighted by Crippen LogP contribution is -2.45. The molecule has 6 rings (SSSR count). The summed E-state index contributed by atoms with van der Waals surface area (Å²) >= 11 is 0. The van der Waals surface area contributed by atoms with Gasteiger partial charge in [0.25, 0.3) is 5.91 Å². The number of carbonyl (C=O) groups excluding carboxylic acids is 2. The van der Waals surface area contributed by atoms with Crippen molar-refractivity contribution >= 4 is 23.5 Å². The van der Waals surface area contributed by atoms with Crippen LogP contribution in [0.25, 0.3) is 0 Å². The number of esters is 1. The molecule has 39 heavy (non-hydrogen) atoms. The third kappa shape index (κ3) is 4.39. The van der Waals surface area contributed by atoms with E-state index in [-0.39, 0.29) is 17.8 Å². The van der Waals surface area contributed by atoms with Crippen molar-refractivity contribution < 1.29 is 33.7 Å². The number of fused-ring (bicyclic) bond motifs is 3. The first-order valence-electron chi connectivity index (χ1n) is 13.3. The van der Waals surface area contributed by atoms with Gasteiger partial charge < -0.3 is 19.3 Å². The Morgan fingerprint density at radius 3 is 2.59 bits per heavy atom. The quantitative estimate of drug-likeness (QED) is 0.480. The number of carboxylic acids is 1. The smallest absolute Gasteiger partial charge is 0.313 e. The third-order valence-electron chi connectivity index (χ3n) is 7.83. The Hall–Kier alpha value is -4.33. The molecule has 0 bridgehead atoms. The number of amides is 1. The summed E-state index contributed by atoms with van der Waals surface area (Å²) in [5, 5.41) is 10.5. The van der Waals surface area contributed by atoms with Crippen LogP contribution < -0.4 is 14.4 Å². The van der Waals surface area contributed by atoms with Crippen molar-refractivity contribution in [3.05, 3.63) is 88.5 Å². The standard InChI is InChI=1S/C31H29NO7/c1-2-37-31(36)21-8-7-19-16-22(11-9-18(19)15-21)32-28(20-10-12-25-26(17-20)39-14-13-38-25)27(30(34)35)23-5-3-4-6-24(23)29(32)33/h3-6,9-12,16-17,21,27-28H,2,7-8,13-15H2,1H3,(H,34,35)/t21?,27-,28+/m1/s1. The molecule has 0 fully saturated rings. The second kappa shape index (κ2) is 10.1. The van der Waals surface area contributed by atoms with Gasteiger partial charge in [0, 0.05) is 11.3 Å². The number of nitrogens with zero attached hydrogens (tertiary/aromatic N) is 1. The van der Waals surface area contributed by atoms with E-state index in [1.165, 1.54) is 0 Å². The summed E-state index contributed by atoms with van der Waals surface area (Å²) in [6, 6.07) is 17.2. The molecular weight excluding hydrogens is 498 g/mol. The molecule has 8 heteroatoms. The summed E-state index contributed by atoms with van der Waals surface area (Å²) in [5.41, 5.74) is 4.22. The van der Waals surface area contributed by atoms with E-state index in [1.807, 2.05) is 24.3 Å². The van der Waals surface area contributed by atoms with Gasteiger partial charge in [-0.15, -0.1) is 0 Å². The number of aryl methyl sites for hydroxylation is 1. The van der Waals surface area contributed by atoms with Crippen LogP contribution in [0.4, 0.5) is 5.69 Å². The molecule has 1 unspecified atom stereocenters. The Kier molecular flexibility index (Phi) is 6.46. The molecule has 1 aliphatic carbocycles. The van der Waals surface area contributed by atoms with Crippen LogP contribution in [0.2, 0.25) is 0 Å². The van der Waals surface area contributed by atoms with Crippen LogP contribution in [0, 0.1) is 5.92 Å². The number of anilines is 1. The summed E-state index contributed by atoms with van der Waals surface area (Å²) in [7, 11) is 0. The van der Waals surface area contributed by atoms with Gasteiger partial charge in [-0.1, -0.05) is 30.3 Å². The maximum absolute atomic E-state index is 14.1. The molecule has 3 aromatic rings. The Balaban J connectivity index is 1.45. The van der Waals surface area contributed by atoms with Gasteiger partial charge >= 0.3 is 11.9 Å². The van der Waals surface area contributed by atoms with Gasteiger partial charge in [-0.2, -0.15) is 0 Å². The van der Waals surface area contributed by atoms with E-state index in [0.717, 1.165) is 11.1 Å². The van der Waals surface area contributed by atoms with Crippen molar-refractivity contribution in [2.24, 2.45) is 5.92 Å². The SMILES string of the molecule is CCOC(=O)C1CCc2cc(N3C(=O)c4ccccc4[C@@H](C(=O)O)[C@@H]3c3ccc4c(c3)OCCO4)ccc2C1. The molecule has 3 aliphatic rings. The number of hydrogen-bond donors (Lipinski definition) is 1. The average molecular weight is 528 g/mol. The van der Waals surface area contributed by atoms with E-state index in [2.05, 4.69) is 0 Å². The van der Waals surface area contributed by atoms with Crippen LogP contribution in [0.15, 0.2) is 60.7 Å². The second-order valence-electron chi connectivity index (χ2n) is 10.1. The molecule has 3 atom stereocenters. The molecule has 1 N–H and O–H groups in total. The van der Waals surface area contributed by atoms with Crippen LogP contribution in [-0.2, 0) is 27.2 Å². The monoisotopic (exact) mass is 527 g/mol. The summed E-state index contributed by atoms with van der Waals surface area (Å²) in [6.07, 6.45) is 1.91. The number of aliphatic carboxylic acids is 1. The molecule has 0 aromatic heterocycles. The summed E-state index contributed by atoms with van der Waals surface area (Å²) in [6.45, 7) is 2.99. The Labute approximate surface area is 226 Å². The van der Waals surface area contributed by atoms with Crippen LogP contribution in [-0.4, -0.2) is 42.8 Å². The second-order valence-corrected chi connectivity index (χ2v) is 10.1. The summed E-state index contributed by atoms with van der Waals surface area (Å²) in [5.74, 6) is -1.52. The fraction of sp³-hybridized carbons (Fsp3) is 0.323. The first kappa shape index (κ1) is 25.0. The van der Waals surface area contributed by atoms with E-state index in [0.29, 0.717) is 73.0 Å². The zero-order valence-electron chi connectivity index (χ0n) is 21.6. The van der Waals surface area contributed by atoms with Crippen LogP contribution in [0.3, 0.4) is 0 Å². The molecule has 200 valence electrons. The number of rotatable bonds is 5. The van der Waals surface area contributed by atoms with Crippen molar-refractivity contribution in [1.29, 1.82) is 0 Å². The van der Waals surface area contributed by atoms with E-state index >= 15 is 0 Å². The lowest BCUT2D eigenvalue weighted by atomic mass is 9.79. The zero-order valence-corrected chi connectivity index (χ0v) is 21.6. The van der Waals surface area contributed by atoms with Crippen LogP contribution in [0.1, 0.15) is 57.9 Å². The van der Waals surface area contributed by atoms with E-state index < -0.39 is 17.9 Å². The van der Waals surface area contributed by atoms with Gasteiger partial charge in [-0.05, 0) is 78.8 Å². The molecule has 0 saturated heterocycles. The number of ether oxygens (including phenoxy) is 3. The Morgan fingerprint density at radius 2 is 1.79 bits per heavy atom. The average Bonchev–Trinajstić information content (AvgIpc) is 2.96. The predicted octanol–water partition coefficient (Wildman–Crippen LogP) is 4.70. The topological polar surface area (TPSA) is 102 Å². The van der Waals surface area contributed by atoms with E-state index in [9.17, 15) is 19.5 Å². The predicted molar refractivity (Wildman–Crippen MR) is 142 cm³/mol. The van der Waals surface area contributed by atoms with Gasteiger partial charge in [-0.3, -0.25) is 19.3 Å². The molecule has 2 aliphatic heterocycles. The maximum atomic E-state index is 14.1. The molecule has 2 heterocycles. The van der Waals surface area contributed by atoms with Crippen molar-refractivity contribution in [2.75, 3.05) is 24.7 Å². The molecule has 0 radical (unpaired) electrons. The van der Waals surface area contributed by atoms with E-state index in [4.69, 9.17) is 14.2 Å². The fourth-order valence-corrected chi connectivity index (χ4v) is 6.02. The molecule has 0 saturated carbocycles. The summed E-state index contributed by atoms with van der Waals surface area (Å²) < 4.78 is 16.7. The van der Waals surface area contributed by atoms with Gasteiger partial charge in [0.05, 0.1) is 18.6 Å². The number of carbonyl (C=O) groups is 3. The van der Waals surface area contributed by atoms with Gasteiger partial charge in [0.1, 0.15) is 19.1 Å². The highest BCUT2D eigenvalue weighted by Gasteiger charge is 2.45. The lowest BCUT2D eigenvalue weighted by Gasteiger charge is -2.41. The molecule has 0 spiro atoms. The summed E-state index contributed by atoms with van der Waals surface area (Å²) in [4.78, 5) is 40.8. The Bertz CT molecular complexity index is 1470. The molecule has 1 amide bonds. The van der Waals surface area contributed by atoms with Crippen molar-refractivity contribution in [3.63, 3.8) is 0 Å². The lowest BCUT2D eigenvalue weighted by molar-refractivity contribution is -0.148. The third-order valence-corrected chi connectivity index (χ3v) is 7.83. The number of hydrogen-bond acceptors (Lipinski definition) is 6. The highest BCUT2D eigenvalue weighted by Crippen LogP contribution is 2.47. The minimum atomic E-state index is -1.02. The van der Waals surface area contributed by atoms with Crippen LogP contribution >= 0.6 is 0 Å². The van der Waals surface area contributed by atoms with Gasteiger partial charge in [0.2, 0.25) is 0 Å². The zero-order chi connectivity index (χ0) is 27.1. The van der Waals surface area contributed by atoms with E-state index in [1.54, 1.807) is 48.2 Å². The normalized spacial score (nSPS) is 21.5. The minimum absolute atomic E-state index is 0.182. The fourth-order valence-electron chi connectivity index (χ4n) is 6.02. The van der Waals surface area contributed by atoms with Crippen molar-refractivity contribution in [1.82, 2.24) is 0 Å². The van der Waals surface area contributed by atoms with Gasteiger partial charge in [-0.25, -0.2) is 0 Å². The molecular formula is C31H29NO7. The molecule has 3 aromatic carbocycles. The highest BCUT2D eigenvalue weighted by atomic mass is 16.6. The number of carboxylic acid groups (broad SMARTS) is 1. The largest absolute Gasteiger partial charge is 0.486 e.